The number of carbonyl (C=O) groups is 2. The maximum absolute atomic E-state index is 11.5. The van der Waals surface area contributed by atoms with Crippen molar-refractivity contribution in [3.63, 3.8) is 0 Å². The normalized spacial score (nSPS) is 12.1. The Hall–Kier alpha value is -1.40. The molecule has 0 aromatic carbocycles. The molecule has 1 unspecified atom stereocenters. The number of amides is 1. The Morgan fingerprint density at radius 1 is 1.42 bits per heavy atom. The van der Waals surface area contributed by atoms with E-state index in [-0.39, 0.29) is 11.9 Å². The van der Waals surface area contributed by atoms with Gasteiger partial charge in [0.15, 0.2) is 0 Å². The zero-order valence-corrected chi connectivity index (χ0v) is 12.0. The van der Waals surface area contributed by atoms with Gasteiger partial charge in [0.2, 0.25) is 5.91 Å². The summed E-state index contributed by atoms with van der Waals surface area (Å²) in [5.74, 6) is -0.858. The van der Waals surface area contributed by atoms with Crippen molar-refractivity contribution in [2.75, 3.05) is 6.54 Å². The van der Waals surface area contributed by atoms with E-state index in [0.717, 1.165) is 11.3 Å². The molecular weight excluding hydrogens is 264 g/mol. The molecule has 0 aliphatic heterocycles. The van der Waals surface area contributed by atoms with Gasteiger partial charge in [0.1, 0.15) is 4.88 Å². The number of hydrogen-bond acceptors (Lipinski definition) is 4. The van der Waals surface area contributed by atoms with E-state index in [2.05, 4.69) is 10.6 Å². The second kappa shape index (κ2) is 7.91. The summed E-state index contributed by atoms with van der Waals surface area (Å²) in [4.78, 5) is 23.5. The SMILES string of the molecule is CCC(C)NC(=O)CCNCc1ccc(C(=O)O)s1. The molecule has 0 spiro atoms. The van der Waals surface area contributed by atoms with Crippen molar-refractivity contribution in [3.05, 3.63) is 21.9 Å². The molecule has 1 aromatic heterocycles. The number of hydrogen-bond donors (Lipinski definition) is 3. The van der Waals surface area contributed by atoms with Gasteiger partial charge in [-0.2, -0.15) is 0 Å². The zero-order valence-electron chi connectivity index (χ0n) is 11.2. The van der Waals surface area contributed by atoms with E-state index >= 15 is 0 Å². The monoisotopic (exact) mass is 284 g/mol. The minimum atomic E-state index is -0.899. The molecule has 1 atom stereocenters. The maximum atomic E-state index is 11.5. The predicted molar refractivity (Wildman–Crippen MR) is 75.5 cm³/mol. The fourth-order valence-electron chi connectivity index (χ4n) is 1.45. The highest BCUT2D eigenvalue weighted by Crippen LogP contribution is 2.15. The summed E-state index contributed by atoms with van der Waals surface area (Å²) >= 11 is 1.25. The standard InChI is InChI=1S/C13H20N2O3S/c1-3-9(2)15-12(16)6-7-14-8-10-4-5-11(19-10)13(17)18/h4-5,9,14H,3,6-8H2,1-2H3,(H,15,16)(H,17,18). The number of carboxylic acid groups (broad SMARTS) is 1. The fourth-order valence-corrected chi connectivity index (χ4v) is 2.27. The molecule has 0 aliphatic carbocycles. The highest BCUT2D eigenvalue weighted by molar-refractivity contribution is 7.13. The van der Waals surface area contributed by atoms with E-state index < -0.39 is 5.97 Å². The van der Waals surface area contributed by atoms with Crippen molar-refractivity contribution < 1.29 is 14.7 Å². The van der Waals surface area contributed by atoms with E-state index in [1.54, 1.807) is 12.1 Å². The summed E-state index contributed by atoms with van der Waals surface area (Å²) in [5, 5.41) is 14.8. The molecule has 6 heteroatoms. The summed E-state index contributed by atoms with van der Waals surface area (Å²) in [5.41, 5.74) is 0. The van der Waals surface area contributed by atoms with Gasteiger partial charge in [-0.3, -0.25) is 4.79 Å². The molecule has 0 radical (unpaired) electrons. The Balaban J connectivity index is 2.19. The van der Waals surface area contributed by atoms with Crippen LogP contribution in [0.2, 0.25) is 0 Å². The molecule has 5 nitrogen and oxygen atoms in total. The van der Waals surface area contributed by atoms with Crippen molar-refractivity contribution >= 4 is 23.2 Å². The zero-order chi connectivity index (χ0) is 14.3. The topological polar surface area (TPSA) is 78.4 Å². The molecule has 1 amide bonds. The Morgan fingerprint density at radius 2 is 2.16 bits per heavy atom. The molecule has 0 fully saturated rings. The van der Waals surface area contributed by atoms with Crippen molar-refractivity contribution in [3.8, 4) is 0 Å². The number of carbonyl (C=O) groups excluding carboxylic acids is 1. The molecular formula is C13H20N2O3S. The van der Waals surface area contributed by atoms with Crippen LogP contribution in [0.4, 0.5) is 0 Å². The predicted octanol–water partition coefficient (Wildman–Crippen LogP) is 1.84. The molecule has 1 aromatic rings. The Kier molecular flexibility index (Phi) is 6.52. The molecule has 1 heterocycles. The molecule has 3 N–H and O–H groups in total. The third kappa shape index (κ3) is 5.85. The first-order valence-corrected chi connectivity index (χ1v) is 7.16. The van der Waals surface area contributed by atoms with Crippen LogP contribution in [-0.2, 0) is 11.3 Å². The second-order valence-electron chi connectivity index (χ2n) is 4.37. The van der Waals surface area contributed by atoms with E-state index in [1.165, 1.54) is 11.3 Å². The minimum Gasteiger partial charge on any atom is -0.477 e. The number of thiophene rings is 1. The molecule has 0 saturated carbocycles. The largest absolute Gasteiger partial charge is 0.477 e. The van der Waals surface area contributed by atoms with Crippen molar-refractivity contribution in [1.29, 1.82) is 0 Å². The van der Waals surface area contributed by atoms with Crippen LogP contribution in [0.3, 0.4) is 0 Å². The maximum Gasteiger partial charge on any atom is 0.345 e. The van der Waals surface area contributed by atoms with Crippen LogP contribution in [0.1, 0.15) is 41.2 Å². The first-order chi connectivity index (χ1) is 9.02. The van der Waals surface area contributed by atoms with Gasteiger partial charge in [0.05, 0.1) is 0 Å². The van der Waals surface area contributed by atoms with Crippen molar-refractivity contribution in [2.24, 2.45) is 0 Å². The van der Waals surface area contributed by atoms with Crippen LogP contribution in [0.15, 0.2) is 12.1 Å². The van der Waals surface area contributed by atoms with E-state index in [1.807, 2.05) is 13.8 Å². The van der Waals surface area contributed by atoms with E-state index in [4.69, 9.17) is 5.11 Å². The van der Waals surface area contributed by atoms with Gasteiger partial charge in [-0.1, -0.05) is 6.92 Å². The summed E-state index contributed by atoms with van der Waals surface area (Å²) < 4.78 is 0. The van der Waals surface area contributed by atoms with Crippen LogP contribution >= 0.6 is 11.3 Å². The number of carboxylic acids is 1. The molecule has 1 rings (SSSR count). The lowest BCUT2D eigenvalue weighted by Crippen LogP contribution is -2.33. The minimum absolute atomic E-state index is 0.0410. The molecule has 106 valence electrons. The first-order valence-electron chi connectivity index (χ1n) is 6.35. The van der Waals surface area contributed by atoms with Crippen LogP contribution < -0.4 is 10.6 Å². The highest BCUT2D eigenvalue weighted by atomic mass is 32.1. The smallest absolute Gasteiger partial charge is 0.345 e. The summed E-state index contributed by atoms with van der Waals surface area (Å²) in [6.07, 6.45) is 1.35. The van der Waals surface area contributed by atoms with E-state index in [0.29, 0.717) is 24.4 Å². The van der Waals surface area contributed by atoms with Crippen LogP contribution in [-0.4, -0.2) is 29.6 Å². The lowest BCUT2D eigenvalue weighted by atomic mass is 10.2. The van der Waals surface area contributed by atoms with Crippen molar-refractivity contribution in [2.45, 2.75) is 39.3 Å². The van der Waals surface area contributed by atoms with Gasteiger partial charge in [-0.25, -0.2) is 4.79 Å². The summed E-state index contributed by atoms with van der Waals surface area (Å²) in [6, 6.07) is 3.60. The van der Waals surface area contributed by atoms with Gasteiger partial charge in [0, 0.05) is 30.4 Å². The van der Waals surface area contributed by atoms with Crippen LogP contribution in [0.5, 0.6) is 0 Å². The van der Waals surface area contributed by atoms with Gasteiger partial charge in [0.25, 0.3) is 0 Å². The van der Waals surface area contributed by atoms with E-state index in [9.17, 15) is 9.59 Å². The highest BCUT2D eigenvalue weighted by Gasteiger charge is 2.07. The van der Waals surface area contributed by atoms with Gasteiger partial charge in [-0.05, 0) is 25.5 Å². The number of aromatic carboxylic acids is 1. The van der Waals surface area contributed by atoms with Crippen LogP contribution in [0.25, 0.3) is 0 Å². The molecule has 0 saturated heterocycles. The Bertz CT molecular complexity index is 431. The average Bonchev–Trinajstić information content (AvgIpc) is 2.83. The lowest BCUT2D eigenvalue weighted by Gasteiger charge is -2.11. The molecule has 0 bridgehead atoms. The lowest BCUT2D eigenvalue weighted by molar-refractivity contribution is -0.121. The summed E-state index contributed by atoms with van der Waals surface area (Å²) in [6.45, 7) is 5.18. The first kappa shape index (κ1) is 15.7. The number of nitrogens with one attached hydrogen (secondary N) is 2. The molecule has 19 heavy (non-hydrogen) atoms. The van der Waals surface area contributed by atoms with Gasteiger partial charge in [-0.15, -0.1) is 11.3 Å². The van der Waals surface area contributed by atoms with Crippen molar-refractivity contribution in [1.82, 2.24) is 10.6 Å². The third-order valence-corrected chi connectivity index (χ3v) is 3.79. The Labute approximate surface area is 117 Å². The van der Waals surface area contributed by atoms with Gasteiger partial charge < -0.3 is 15.7 Å². The third-order valence-electron chi connectivity index (χ3n) is 2.72. The second-order valence-corrected chi connectivity index (χ2v) is 5.54. The average molecular weight is 284 g/mol. The fraction of sp³-hybridized carbons (Fsp3) is 0.538. The Morgan fingerprint density at radius 3 is 2.74 bits per heavy atom. The quantitative estimate of drug-likeness (QED) is 0.637. The number of rotatable bonds is 8. The summed E-state index contributed by atoms with van der Waals surface area (Å²) in [7, 11) is 0. The van der Waals surface area contributed by atoms with Crippen LogP contribution in [0, 0.1) is 0 Å². The molecule has 0 aliphatic rings. The van der Waals surface area contributed by atoms with Gasteiger partial charge >= 0.3 is 5.97 Å².